The minimum Gasteiger partial charge on any atom is -0.484 e. The molecule has 6 heteroatoms. The number of amides is 1. The molecule has 0 fully saturated rings. The Morgan fingerprint density at radius 2 is 1.85 bits per heavy atom. The quantitative estimate of drug-likeness (QED) is 0.622. The van der Waals surface area contributed by atoms with Crippen LogP contribution in [0.5, 0.6) is 5.75 Å². The van der Waals surface area contributed by atoms with Crippen LogP contribution in [0.3, 0.4) is 0 Å². The molecular weight excluding hydrogens is 362 g/mol. The Morgan fingerprint density at radius 3 is 2.56 bits per heavy atom. The van der Waals surface area contributed by atoms with E-state index in [0.717, 1.165) is 16.8 Å². The maximum Gasteiger partial charge on any atom is 0.262 e. The number of nitrogens with zero attached hydrogens (tertiary/aromatic N) is 1. The number of aromatic nitrogens is 1. The number of aryl methyl sites for hydroxylation is 1. The summed E-state index contributed by atoms with van der Waals surface area (Å²) >= 11 is 6.12. The Hall–Kier alpha value is -3.05. The highest BCUT2D eigenvalue weighted by molar-refractivity contribution is 6.31. The van der Waals surface area contributed by atoms with E-state index in [1.807, 2.05) is 56.3 Å². The molecule has 27 heavy (non-hydrogen) atoms. The predicted molar refractivity (Wildman–Crippen MR) is 109 cm³/mol. The van der Waals surface area contributed by atoms with E-state index in [1.54, 1.807) is 18.3 Å². The van der Waals surface area contributed by atoms with Crippen molar-refractivity contribution >= 4 is 34.7 Å². The fraction of sp³-hybridized carbons (Fsp3) is 0.143. The number of carbonyl (C=O) groups is 1. The molecule has 1 heterocycles. The van der Waals surface area contributed by atoms with E-state index >= 15 is 0 Å². The lowest BCUT2D eigenvalue weighted by Crippen LogP contribution is -2.20. The van der Waals surface area contributed by atoms with Crippen LogP contribution < -0.4 is 15.4 Å². The van der Waals surface area contributed by atoms with Gasteiger partial charge in [-0.3, -0.25) is 4.79 Å². The van der Waals surface area contributed by atoms with Gasteiger partial charge >= 0.3 is 0 Å². The smallest absolute Gasteiger partial charge is 0.262 e. The van der Waals surface area contributed by atoms with E-state index in [9.17, 15) is 4.79 Å². The van der Waals surface area contributed by atoms with Crippen LogP contribution in [-0.4, -0.2) is 17.5 Å². The monoisotopic (exact) mass is 381 g/mol. The lowest BCUT2D eigenvalue weighted by molar-refractivity contribution is -0.118. The molecule has 0 bridgehead atoms. The van der Waals surface area contributed by atoms with Gasteiger partial charge in [0.15, 0.2) is 6.61 Å². The van der Waals surface area contributed by atoms with Crippen molar-refractivity contribution in [2.75, 3.05) is 17.2 Å². The minimum atomic E-state index is -0.247. The van der Waals surface area contributed by atoms with Gasteiger partial charge in [-0.2, -0.15) is 0 Å². The maximum absolute atomic E-state index is 12.0. The van der Waals surface area contributed by atoms with Crippen molar-refractivity contribution < 1.29 is 9.53 Å². The number of ether oxygens (including phenoxy) is 1. The van der Waals surface area contributed by atoms with Gasteiger partial charge in [0.2, 0.25) is 0 Å². The molecule has 5 nitrogen and oxygen atoms in total. The van der Waals surface area contributed by atoms with Crippen LogP contribution in [0.2, 0.25) is 5.02 Å². The largest absolute Gasteiger partial charge is 0.484 e. The van der Waals surface area contributed by atoms with Crippen molar-refractivity contribution in [3.05, 3.63) is 76.9 Å². The van der Waals surface area contributed by atoms with Gasteiger partial charge in [-0.1, -0.05) is 35.4 Å². The van der Waals surface area contributed by atoms with E-state index in [4.69, 9.17) is 16.3 Å². The van der Waals surface area contributed by atoms with Gasteiger partial charge in [-0.15, -0.1) is 0 Å². The van der Waals surface area contributed by atoms with E-state index in [1.165, 1.54) is 0 Å². The second-order valence-electron chi connectivity index (χ2n) is 6.12. The standard InChI is InChI=1S/C21H20ClN3O2/c1-14-6-9-17(10-7-14)27-13-21(26)24-16-8-11-20(23-12-16)25-19-5-3-4-18(22)15(19)2/h3-12H,13H2,1-2H3,(H,23,25)(H,24,26). The molecule has 0 atom stereocenters. The lowest BCUT2D eigenvalue weighted by atomic mass is 10.2. The Kier molecular flexibility index (Phi) is 5.94. The molecule has 138 valence electrons. The first kappa shape index (κ1) is 18.7. The third-order valence-corrected chi connectivity index (χ3v) is 4.38. The number of pyridine rings is 1. The van der Waals surface area contributed by atoms with Gasteiger partial charge in [0.25, 0.3) is 5.91 Å². The van der Waals surface area contributed by atoms with Gasteiger partial charge in [0, 0.05) is 10.7 Å². The number of hydrogen-bond acceptors (Lipinski definition) is 4. The van der Waals surface area contributed by atoms with E-state index < -0.39 is 0 Å². The average molecular weight is 382 g/mol. The Labute approximate surface area is 163 Å². The summed E-state index contributed by atoms with van der Waals surface area (Å²) in [6.07, 6.45) is 1.59. The predicted octanol–water partition coefficient (Wildman–Crippen LogP) is 5.11. The molecule has 0 radical (unpaired) electrons. The van der Waals surface area contributed by atoms with Crippen LogP contribution in [0.4, 0.5) is 17.2 Å². The number of carbonyl (C=O) groups excluding carboxylic acids is 1. The molecule has 0 aliphatic heterocycles. The third kappa shape index (κ3) is 5.21. The zero-order valence-electron chi connectivity index (χ0n) is 15.1. The fourth-order valence-corrected chi connectivity index (χ4v) is 2.58. The van der Waals surface area contributed by atoms with Crippen molar-refractivity contribution in [3.63, 3.8) is 0 Å². The summed E-state index contributed by atoms with van der Waals surface area (Å²) in [6.45, 7) is 3.87. The number of benzene rings is 2. The summed E-state index contributed by atoms with van der Waals surface area (Å²) in [7, 11) is 0. The van der Waals surface area contributed by atoms with E-state index in [-0.39, 0.29) is 12.5 Å². The molecule has 0 aliphatic carbocycles. The van der Waals surface area contributed by atoms with Gasteiger partial charge in [0.1, 0.15) is 11.6 Å². The van der Waals surface area contributed by atoms with Crippen LogP contribution in [0.1, 0.15) is 11.1 Å². The van der Waals surface area contributed by atoms with Crippen molar-refractivity contribution in [2.24, 2.45) is 0 Å². The molecule has 3 aromatic rings. The Morgan fingerprint density at radius 1 is 1.07 bits per heavy atom. The third-order valence-electron chi connectivity index (χ3n) is 3.97. The highest BCUT2D eigenvalue weighted by Gasteiger charge is 2.06. The SMILES string of the molecule is Cc1ccc(OCC(=O)Nc2ccc(Nc3cccc(Cl)c3C)nc2)cc1. The summed E-state index contributed by atoms with van der Waals surface area (Å²) < 4.78 is 5.46. The summed E-state index contributed by atoms with van der Waals surface area (Å²) in [6, 6.07) is 16.8. The second kappa shape index (κ2) is 8.56. The van der Waals surface area contributed by atoms with Gasteiger partial charge in [-0.05, 0) is 55.8 Å². The second-order valence-corrected chi connectivity index (χ2v) is 6.53. The number of nitrogens with one attached hydrogen (secondary N) is 2. The normalized spacial score (nSPS) is 10.3. The van der Waals surface area contributed by atoms with E-state index in [2.05, 4.69) is 15.6 Å². The first-order valence-corrected chi connectivity index (χ1v) is 8.86. The number of hydrogen-bond donors (Lipinski definition) is 2. The first-order valence-electron chi connectivity index (χ1n) is 8.49. The Balaban J connectivity index is 1.54. The van der Waals surface area contributed by atoms with Gasteiger partial charge < -0.3 is 15.4 Å². The molecule has 0 saturated carbocycles. The maximum atomic E-state index is 12.0. The summed E-state index contributed by atoms with van der Waals surface area (Å²) in [5.74, 6) is 1.07. The lowest BCUT2D eigenvalue weighted by Gasteiger charge is -2.11. The van der Waals surface area contributed by atoms with E-state index in [0.29, 0.717) is 22.3 Å². The van der Waals surface area contributed by atoms with Gasteiger partial charge in [-0.25, -0.2) is 4.98 Å². The summed E-state index contributed by atoms with van der Waals surface area (Å²) in [4.78, 5) is 16.3. The zero-order chi connectivity index (χ0) is 19.2. The molecule has 2 N–H and O–H groups in total. The molecule has 0 spiro atoms. The average Bonchev–Trinajstić information content (AvgIpc) is 2.66. The highest BCUT2D eigenvalue weighted by atomic mass is 35.5. The van der Waals surface area contributed by atoms with Crippen LogP contribution in [0.25, 0.3) is 0 Å². The van der Waals surface area contributed by atoms with Crippen LogP contribution >= 0.6 is 11.6 Å². The number of rotatable bonds is 6. The zero-order valence-corrected chi connectivity index (χ0v) is 15.9. The van der Waals surface area contributed by atoms with Gasteiger partial charge in [0.05, 0.1) is 11.9 Å². The van der Waals surface area contributed by atoms with Crippen LogP contribution in [-0.2, 0) is 4.79 Å². The highest BCUT2D eigenvalue weighted by Crippen LogP contribution is 2.25. The van der Waals surface area contributed by atoms with Crippen molar-refractivity contribution in [1.82, 2.24) is 4.98 Å². The molecule has 1 aromatic heterocycles. The fourth-order valence-electron chi connectivity index (χ4n) is 2.40. The summed E-state index contributed by atoms with van der Waals surface area (Å²) in [5, 5.41) is 6.66. The topological polar surface area (TPSA) is 63.2 Å². The van der Waals surface area contributed by atoms with Crippen LogP contribution in [0, 0.1) is 13.8 Å². The van der Waals surface area contributed by atoms with Crippen molar-refractivity contribution in [3.8, 4) is 5.75 Å². The van der Waals surface area contributed by atoms with Crippen LogP contribution in [0.15, 0.2) is 60.8 Å². The van der Waals surface area contributed by atoms with Crippen molar-refractivity contribution in [1.29, 1.82) is 0 Å². The number of halogens is 1. The number of anilines is 3. The molecule has 1 amide bonds. The molecule has 0 unspecified atom stereocenters. The minimum absolute atomic E-state index is 0.0647. The Bertz CT molecular complexity index is 925. The molecule has 0 saturated heterocycles. The first-order chi connectivity index (χ1) is 13.0. The molecule has 2 aromatic carbocycles. The molecular formula is C21H20ClN3O2. The molecule has 0 aliphatic rings. The molecule has 3 rings (SSSR count). The summed E-state index contributed by atoms with van der Waals surface area (Å²) in [5.41, 5.74) is 3.57. The van der Waals surface area contributed by atoms with Crippen molar-refractivity contribution in [2.45, 2.75) is 13.8 Å².